The molecule has 1 aliphatic carbocycles. The molecule has 0 aromatic heterocycles. The summed E-state index contributed by atoms with van der Waals surface area (Å²) in [4.78, 5) is 14.5. The fraction of sp³-hybridized carbons (Fsp3) is 0.941. The number of β-amino-alcohol motifs (C(OH)–C–C–N with tert-alkyl or cyclic N) is 1. The van der Waals surface area contributed by atoms with Crippen molar-refractivity contribution in [2.45, 2.75) is 71.8 Å². The third kappa shape index (κ3) is 3.75. The van der Waals surface area contributed by atoms with E-state index in [9.17, 15) is 9.90 Å². The van der Waals surface area contributed by atoms with Crippen molar-refractivity contribution < 1.29 is 9.90 Å². The van der Waals surface area contributed by atoms with Gasteiger partial charge >= 0.3 is 0 Å². The van der Waals surface area contributed by atoms with Crippen LogP contribution in [0.5, 0.6) is 0 Å². The summed E-state index contributed by atoms with van der Waals surface area (Å²) in [6.45, 7) is 10.1. The molecule has 1 saturated carbocycles. The molecule has 0 radical (unpaired) electrons. The number of amides is 1. The molecule has 2 rings (SSSR count). The van der Waals surface area contributed by atoms with Crippen molar-refractivity contribution in [1.82, 2.24) is 4.90 Å². The Labute approximate surface area is 123 Å². The van der Waals surface area contributed by atoms with Crippen LogP contribution in [-0.2, 0) is 4.79 Å². The van der Waals surface area contributed by atoms with Crippen LogP contribution >= 0.6 is 0 Å². The number of likely N-dealkylation sites (tertiary alicyclic amines) is 1. The average molecular weight is 281 g/mol. The summed E-state index contributed by atoms with van der Waals surface area (Å²) in [5.41, 5.74) is -0.320. The number of hydrogen-bond acceptors (Lipinski definition) is 2. The fourth-order valence-corrected chi connectivity index (χ4v) is 3.87. The standard InChI is InChI=1S/C17H31NO2/c1-16(2,3)14-8-6-13(7-9-14)15(19)18-11-5-10-17(4,20)12-18/h13-14,20H,5-12H2,1-4H3. The first-order valence-electron chi connectivity index (χ1n) is 8.20. The van der Waals surface area contributed by atoms with Crippen molar-refractivity contribution in [3.63, 3.8) is 0 Å². The second-order valence-corrected chi connectivity index (χ2v) is 8.27. The quantitative estimate of drug-likeness (QED) is 0.801. The van der Waals surface area contributed by atoms with Gasteiger partial charge in [-0.05, 0) is 56.8 Å². The molecule has 1 aliphatic heterocycles. The van der Waals surface area contributed by atoms with E-state index in [1.165, 1.54) is 12.8 Å². The number of rotatable bonds is 1. The predicted molar refractivity (Wildman–Crippen MR) is 81.3 cm³/mol. The van der Waals surface area contributed by atoms with E-state index in [-0.39, 0.29) is 11.8 Å². The maximum Gasteiger partial charge on any atom is 0.225 e. The Morgan fingerprint density at radius 3 is 2.30 bits per heavy atom. The molecular weight excluding hydrogens is 250 g/mol. The number of hydrogen-bond donors (Lipinski definition) is 1. The number of carbonyl (C=O) groups excluding carboxylic acids is 1. The van der Waals surface area contributed by atoms with Crippen molar-refractivity contribution in [3.8, 4) is 0 Å². The number of carbonyl (C=O) groups is 1. The molecule has 0 bridgehead atoms. The summed E-state index contributed by atoms with van der Waals surface area (Å²) >= 11 is 0. The SMILES string of the molecule is CC1(O)CCCN(C(=O)C2CCC(C(C)(C)C)CC2)C1. The van der Waals surface area contributed by atoms with Crippen LogP contribution in [0, 0.1) is 17.3 Å². The Morgan fingerprint density at radius 1 is 1.20 bits per heavy atom. The largest absolute Gasteiger partial charge is 0.388 e. The molecule has 3 heteroatoms. The van der Waals surface area contributed by atoms with E-state index in [1.54, 1.807) is 0 Å². The van der Waals surface area contributed by atoms with Gasteiger partial charge in [0.25, 0.3) is 0 Å². The van der Waals surface area contributed by atoms with Crippen molar-refractivity contribution in [1.29, 1.82) is 0 Å². The van der Waals surface area contributed by atoms with Crippen molar-refractivity contribution in [3.05, 3.63) is 0 Å². The van der Waals surface area contributed by atoms with Gasteiger partial charge in [0.2, 0.25) is 5.91 Å². The van der Waals surface area contributed by atoms with Gasteiger partial charge in [-0.3, -0.25) is 4.79 Å². The zero-order valence-electron chi connectivity index (χ0n) is 13.6. The maximum atomic E-state index is 12.6. The number of nitrogens with zero attached hydrogens (tertiary/aromatic N) is 1. The molecule has 1 unspecified atom stereocenters. The summed E-state index contributed by atoms with van der Waals surface area (Å²) in [5.74, 6) is 1.23. The van der Waals surface area contributed by atoms with E-state index in [1.807, 2.05) is 11.8 Å². The van der Waals surface area contributed by atoms with Gasteiger partial charge in [0.05, 0.1) is 5.60 Å². The second-order valence-electron chi connectivity index (χ2n) is 8.27. The van der Waals surface area contributed by atoms with E-state index in [2.05, 4.69) is 20.8 Å². The van der Waals surface area contributed by atoms with E-state index < -0.39 is 5.60 Å². The minimum atomic E-state index is -0.684. The highest BCUT2D eigenvalue weighted by molar-refractivity contribution is 5.79. The molecule has 3 nitrogen and oxygen atoms in total. The van der Waals surface area contributed by atoms with Crippen LogP contribution in [0.4, 0.5) is 0 Å². The highest BCUT2D eigenvalue weighted by Crippen LogP contribution is 2.40. The maximum absolute atomic E-state index is 12.6. The zero-order valence-corrected chi connectivity index (χ0v) is 13.6. The number of piperidine rings is 1. The highest BCUT2D eigenvalue weighted by Gasteiger charge is 2.37. The van der Waals surface area contributed by atoms with Gasteiger partial charge in [-0.25, -0.2) is 0 Å². The van der Waals surface area contributed by atoms with Gasteiger partial charge in [0.1, 0.15) is 0 Å². The van der Waals surface area contributed by atoms with Gasteiger partial charge in [0, 0.05) is 19.0 Å². The molecule has 2 fully saturated rings. The van der Waals surface area contributed by atoms with Crippen molar-refractivity contribution in [2.24, 2.45) is 17.3 Å². The highest BCUT2D eigenvalue weighted by atomic mass is 16.3. The lowest BCUT2D eigenvalue weighted by molar-refractivity contribution is -0.143. The molecule has 1 saturated heterocycles. The van der Waals surface area contributed by atoms with Crippen LogP contribution in [0.3, 0.4) is 0 Å². The first-order valence-corrected chi connectivity index (χ1v) is 8.20. The molecule has 1 atom stereocenters. The molecule has 2 aliphatic rings. The van der Waals surface area contributed by atoms with Crippen LogP contribution in [-0.4, -0.2) is 34.6 Å². The van der Waals surface area contributed by atoms with Gasteiger partial charge < -0.3 is 10.0 Å². The summed E-state index contributed by atoms with van der Waals surface area (Å²) < 4.78 is 0. The van der Waals surface area contributed by atoms with Crippen molar-refractivity contribution >= 4 is 5.91 Å². The normalized spacial score (nSPS) is 36.0. The summed E-state index contributed by atoms with van der Waals surface area (Å²) in [5, 5.41) is 10.1. The topological polar surface area (TPSA) is 40.5 Å². The van der Waals surface area contributed by atoms with Gasteiger partial charge in [0.15, 0.2) is 0 Å². The lowest BCUT2D eigenvalue weighted by Gasteiger charge is -2.41. The molecule has 0 aromatic rings. The Morgan fingerprint density at radius 2 is 1.80 bits per heavy atom. The Bertz CT molecular complexity index is 348. The van der Waals surface area contributed by atoms with Crippen LogP contribution in [0.2, 0.25) is 0 Å². The third-order valence-electron chi connectivity index (χ3n) is 5.29. The van der Waals surface area contributed by atoms with Crippen LogP contribution in [0.25, 0.3) is 0 Å². The van der Waals surface area contributed by atoms with Crippen LogP contribution in [0.15, 0.2) is 0 Å². The Balaban J connectivity index is 1.89. The van der Waals surface area contributed by atoms with E-state index in [0.717, 1.165) is 38.1 Å². The first kappa shape index (κ1) is 15.8. The van der Waals surface area contributed by atoms with Gasteiger partial charge in [-0.2, -0.15) is 0 Å². The van der Waals surface area contributed by atoms with Gasteiger partial charge in [-0.1, -0.05) is 20.8 Å². The molecule has 1 amide bonds. The summed E-state index contributed by atoms with van der Waals surface area (Å²) in [6.07, 6.45) is 6.14. The first-order chi connectivity index (χ1) is 9.19. The number of aliphatic hydroxyl groups is 1. The lowest BCUT2D eigenvalue weighted by Crippen LogP contribution is -2.50. The van der Waals surface area contributed by atoms with Crippen LogP contribution in [0.1, 0.15) is 66.2 Å². The van der Waals surface area contributed by atoms with E-state index in [4.69, 9.17) is 0 Å². The molecule has 20 heavy (non-hydrogen) atoms. The molecule has 1 heterocycles. The van der Waals surface area contributed by atoms with Crippen molar-refractivity contribution in [2.75, 3.05) is 13.1 Å². The predicted octanol–water partition coefficient (Wildman–Crippen LogP) is 3.21. The molecule has 1 N–H and O–H groups in total. The molecule has 116 valence electrons. The molecule has 0 spiro atoms. The zero-order chi connectivity index (χ0) is 15.0. The smallest absolute Gasteiger partial charge is 0.225 e. The minimum absolute atomic E-state index is 0.197. The molecule has 0 aromatic carbocycles. The second kappa shape index (κ2) is 5.67. The Hall–Kier alpha value is -0.570. The molecular formula is C17H31NO2. The fourth-order valence-electron chi connectivity index (χ4n) is 3.87. The summed E-state index contributed by atoms with van der Waals surface area (Å²) in [6, 6.07) is 0. The Kier molecular flexibility index (Phi) is 4.48. The lowest BCUT2D eigenvalue weighted by atomic mass is 9.69. The van der Waals surface area contributed by atoms with Crippen LogP contribution < -0.4 is 0 Å². The van der Waals surface area contributed by atoms with Gasteiger partial charge in [-0.15, -0.1) is 0 Å². The van der Waals surface area contributed by atoms with E-state index in [0.29, 0.717) is 12.0 Å². The minimum Gasteiger partial charge on any atom is -0.388 e. The van der Waals surface area contributed by atoms with E-state index >= 15 is 0 Å². The summed E-state index contributed by atoms with van der Waals surface area (Å²) in [7, 11) is 0. The average Bonchev–Trinajstić information content (AvgIpc) is 2.36. The third-order valence-corrected chi connectivity index (χ3v) is 5.29. The monoisotopic (exact) mass is 281 g/mol.